The van der Waals surface area contributed by atoms with E-state index in [4.69, 9.17) is 0 Å². The standard InChI is InChI=1S/C21H20FN3O3/c1-13(26)23-19-11-16(7-8-18(19)22)24-21(28)12-20-17-6-4-3-5-15(17)9-10-25(20)14(2)27/h3-11,20H,12H2,1-2H3,(H,23,26)(H,24,28). The molecule has 1 atom stereocenters. The molecule has 2 aromatic carbocycles. The lowest BCUT2D eigenvalue weighted by molar-refractivity contribution is -0.129. The molecule has 28 heavy (non-hydrogen) atoms. The maximum Gasteiger partial charge on any atom is 0.226 e. The van der Waals surface area contributed by atoms with Gasteiger partial charge in [0, 0.05) is 25.7 Å². The van der Waals surface area contributed by atoms with Crippen LogP contribution in [0, 0.1) is 5.82 Å². The number of rotatable bonds is 4. The van der Waals surface area contributed by atoms with Gasteiger partial charge in [0.25, 0.3) is 0 Å². The van der Waals surface area contributed by atoms with Crippen LogP contribution in [-0.4, -0.2) is 22.6 Å². The van der Waals surface area contributed by atoms with Gasteiger partial charge in [0.1, 0.15) is 5.82 Å². The highest BCUT2D eigenvalue weighted by molar-refractivity contribution is 5.94. The van der Waals surface area contributed by atoms with Crippen molar-refractivity contribution in [2.75, 3.05) is 10.6 Å². The Morgan fingerprint density at radius 1 is 1.07 bits per heavy atom. The van der Waals surface area contributed by atoms with Gasteiger partial charge < -0.3 is 15.5 Å². The average Bonchev–Trinajstić information content (AvgIpc) is 2.64. The number of amides is 3. The number of fused-ring (bicyclic) bond motifs is 1. The molecule has 1 aliphatic rings. The lowest BCUT2D eigenvalue weighted by atomic mass is 9.93. The monoisotopic (exact) mass is 381 g/mol. The van der Waals surface area contributed by atoms with E-state index in [-0.39, 0.29) is 23.9 Å². The summed E-state index contributed by atoms with van der Waals surface area (Å²) in [6, 6.07) is 11.1. The van der Waals surface area contributed by atoms with Crippen LogP contribution in [0.2, 0.25) is 0 Å². The van der Waals surface area contributed by atoms with E-state index in [0.29, 0.717) is 5.69 Å². The number of hydrogen-bond acceptors (Lipinski definition) is 3. The largest absolute Gasteiger partial charge is 0.326 e. The minimum atomic E-state index is -0.595. The Hall–Kier alpha value is -3.48. The summed E-state index contributed by atoms with van der Waals surface area (Å²) in [6.07, 6.45) is 3.55. The van der Waals surface area contributed by atoms with Crippen LogP contribution in [-0.2, 0) is 14.4 Å². The highest BCUT2D eigenvalue weighted by Gasteiger charge is 2.28. The molecule has 0 saturated heterocycles. The van der Waals surface area contributed by atoms with Crippen LogP contribution in [0.3, 0.4) is 0 Å². The van der Waals surface area contributed by atoms with Gasteiger partial charge in [-0.05, 0) is 35.4 Å². The summed E-state index contributed by atoms with van der Waals surface area (Å²) in [5.74, 6) is -1.51. The van der Waals surface area contributed by atoms with Gasteiger partial charge in [-0.25, -0.2) is 4.39 Å². The Morgan fingerprint density at radius 3 is 2.54 bits per heavy atom. The quantitative estimate of drug-likeness (QED) is 0.848. The Balaban J connectivity index is 1.79. The summed E-state index contributed by atoms with van der Waals surface area (Å²) in [5, 5.41) is 5.08. The van der Waals surface area contributed by atoms with E-state index in [1.807, 2.05) is 30.3 Å². The number of halogens is 1. The molecule has 144 valence electrons. The number of carbonyl (C=O) groups excluding carboxylic acids is 3. The van der Waals surface area contributed by atoms with Crippen LogP contribution in [0.5, 0.6) is 0 Å². The SMILES string of the molecule is CC(=O)Nc1cc(NC(=O)CC2c3ccccc3C=CN2C(C)=O)ccc1F. The fraction of sp³-hybridized carbons (Fsp3) is 0.190. The van der Waals surface area contributed by atoms with Crippen LogP contribution >= 0.6 is 0 Å². The van der Waals surface area contributed by atoms with Crippen molar-refractivity contribution in [3.63, 3.8) is 0 Å². The molecule has 2 N–H and O–H groups in total. The van der Waals surface area contributed by atoms with E-state index < -0.39 is 17.8 Å². The molecule has 3 amide bonds. The zero-order valence-corrected chi connectivity index (χ0v) is 15.5. The second-order valence-electron chi connectivity index (χ2n) is 6.51. The van der Waals surface area contributed by atoms with Crippen molar-refractivity contribution in [1.82, 2.24) is 4.90 Å². The second kappa shape index (κ2) is 8.04. The topological polar surface area (TPSA) is 78.5 Å². The highest BCUT2D eigenvalue weighted by atomic mass is 19.1. The minimum Gasteiger partial charge on any atom is -0.326 e. The number of anilines is 2. The fourth-order valence-electron chi connectivity index (χ4n) is 3.19. The lowest BCUT2D eigenvalue weighted by Gasteiger charge is -2.32. The molecule has 3 rings (SSSR count). The van der Waals surface area contributed by atoms with E-state index in [0.717, 1.165) is 11.1 Å². The van der Waals surface area contributed by atoms with E-state index in [9.17, 15) is 18.8 Å². The summed E-state index contributed by atoms with van der Waals surface area (Å²) in [4.78, 5) is 37.3. The molecule has 0 aliphatic carbocycles. The molecule has 1 heterocycles. The number of nitrogens with zero attached hydrogens (tertiary/aromatic N) is 1. The van der Waals surface area contributed by atoms with E-state index >= 15 is 0 Å². The van der Waals surface area contributed by atoms with Crippen LogP contribution in [0.4, 0.5) is 15.8 Å². The van der Waals surface area contributed by atoms with Gasteiger partial charge in [0.05, 0.1) is 18.2 Å². The Labute approximate surface area is 162 Å². The van der Waals surface area contributed by atoms with Gasteiger partial charge in [0.15, 0.2) is 0 Å². The predicted octanol–water partition coefficient (Wildman–Crippen LogP) is 3.69. The van der Waals surface area contributed by atoms with E-state index in [2.05, 4.69) is 10.6 Å². The Kier molecular flexibility index (Phi) is 5.54. The maximum absolute atomic E-state index is 13.8. The van der Waals surface area contributed by atoms with Gasteiger partial charge in [-0.2, -0.15) is 0 Å². The number of hydrogen-bond donors (Lipinski definition) is 2. The van der Waals surface area contributed by atoms with Crippen molar-refractivity contribution in [1.29, 1.82) is 0 Å². The van der Waals surface area contributed by atoms with Gasteiger partial charge in [-0.3, -0.25) is 14.4 Å². The lowest BCUT2D eigenvalue weighted by Crippen LogP contribution is -2.33. The smallest absolute Gasteiger partial charge is 0.226 e. The van der Waals surface area contributed by atoms with Gasteiger partial charge >= 0.3 is 0 Å². The van der Waals surface area contributed by atoms with Crippen molar-refractivity contribution in [2.45, 2.75) is 26.3 Å². The molecule has 0 radical (unpaired) electrons. The molecule has 0 bridgehead atoms. The zero-order valence-electron chi connectivity index (χ0n) is 15.5. The molecule has 2 aromatic rings. The van der Waals surface area contributed by atoms with Crippen molar-refractivity contribution >= 4 is 35.2 Å². The molecule has 7 heteroatoms. The summed E-state index contributed by atoms with van der Waals surface area (Å²) in [7, 11) is 0. The molecule has 0 fully saturated rings. The number of carbonyl (C=O) groups is 3. The van der Waals surface area contributed by atoms with Gasteiger partial charge in [0.2, 0.25) is 17.7 Å². The number of nitrogens with one attached hydrogen (secondary N) is 2. The van der Waals surface area contributed by atoms with Crippen LogP contribution < -0.4 is 10.6 Å². The number of benzene rings is 2. The van der Waals surface area contributed by atoms with Gasteiger partial charge in [-0.1, -0.05) is 24.3 Å². The second-order valence-corrected chi connectivity index (χ2v) is 6.51. The summed E-state index contributed by atoms with van der Waals surface area (Å²) < 4.78 is 13.8. The van der Waals surface area contributed by atoms with Crippen LogP contribution in [0.25, 0.3) is 6.08 Å². The normalized spacial score (nSPS) is 15.0. The fourth-order valence-corrected chi connectivity index (χ4v) is 3.19. The molecule has 1 unspecified atom stereocenters. The average molecular weight is 381 g/mol. The minimum absolute atomic E-state index is 0.0124. The van der Waals surface area contributed by atoms with Crippen LogP contribution in [0.1, 0.15) is 37.4 Å². The molecule has 0 saturated carbocycles. The first kappa shape index (κ1) is 19.3. The van der Waals surface area contributed by atoms with E-state index in [1.165, 1.54) is 36.9 Å². The van der Waals surface area contributed by atoms with E-state index in [1.54, 1.807) is 6.20 Å². The third kappa shape index (κ3) is 4.25. The molecule has 0 aromatic heterocycles. The first-order valence-corrected chi connectivity index (χ1v) is 8.78. The Bertz CT molecular complexity index is 971. The molecule has 1 aliphatic heterocycles. The van der Waals surface area contributed by atoms with Crippen molar-refractivity contribution in [2.24, 2.45) is 0 Å². The third-order valence-corrected chi connectivity index (χ3v) is 4.41. The summed E-state index contributed by atoms with van der Waals surface area (Å²) >= 11 is 0. The van der Waals surface area contributed by atoms with Crippen molar-refractivity contribution in [3.05, 3.63) is 65.6 Å². The highest BCUT2D eigenvalue weighted by Crippen LogP contribution is 2.33. The predicted molar refractivity (Wildman–Crippen MR) is 105 cm³/mol. The molecular formula is C21H20FN3O3. The first-order valence-electron chi connectivity index (χ1n) is 8.78. The molecular weight excluding hydrogens is 361 g/mol. The maximum atomic E-state index is 13.8. The van der Waals surface area contributed by atoms with Gasteiger partial charge in [-0.15, -0.1) is 0 Å². The zero-order chi connectivity index (χ0) is 20.3. The molecule has 6 nitrogen and oxygen atoms in total. The van der Waals surface area contributed by atoms with Crippen molar-refractivity contribution < 1.29 is 18.8 Å². The third-order valence-electron chi connectivity index (χ3n) is 4.41. The first-order chi connectivity index (χ1) is 13.3. The summed E-state index contributed by atoms with van der Waals surface area (Å²) in [5.41, 5.74) is 2.17. The summed E-state index contributed by atoms with van der Waals surface area (Å²) in [6.45, 7) is 2.72. The molecule has 0 spiro atoms. The van der Waals surface area contributed by atoms with Crippen molar-refractivity contribution in [3.8, 4) is 0 Å². The van der Waals surface area contributed by atoms with Crippen LogP contribution in [0.15, 0.2) is 48.7 Å². The Morgan fingerprint density at radius 2 is 1.82 bits per heavy atom.